The molecule has 1 N–H and O–H groups in total. The van der Waals surface area contributed by atoms with Gasteiger partial charge in [-0.3, -0.25) is 4.79 Å². The van der Waals surface area contributed by atoms with E-state index in [-0.39, 0.29) is 18.3 Å². The third-order valence-electron chi connectivity index (χ3n) is 4.73. The third-order valence-corrected chi connectivity index (χ3v) is 7.04. The monoisotopic (exact) mass is 594 g/mol. The van der Waals surface area contributed by atoms with Crippen molar-refractivity contribution in [2.24, 2.45) is 4.99 Å². The molecule has 5 nitrogen and oxygen atoms in total. The Labute approximate surface area is 224 Å². The van der Waals surface area contributed by atoms with Crippen LogP contribution in [0.1, 0.15) is 18.1 Å². The second-order valence-corrected chi connectivity index (χ2v) is 9.90. The first kappa shape index (κ1) is 25.6. The van der Waals surface area contributed by atoms with Gasteiger partial charge in [-0.15, -0.1) is 0 Å². The summed E-state index contributed by atoms with van der Waals surface area (Å²) in [7, 11) is 0. The lowest BCUT2D eigenvalue weighted by Gasteiger charge is -2.15. The molecule has 1 aliphatic rings. The number of halogens is 4. The van der Waals surface area contributed by atoms with Gasteiger partial charge in [0, 0.05) is 0 Å². The van der Waals surface area contributed by atoms with E-state index >= 15 is 0 Å². The standard InChI is InChI=1S/C25H18BrCl2FN2O3S/c1-2-33-20-11-15(10-17(26)23(20)34-13-14-6-8-16(29)9-7-14)12-21-24(32)31-25(35-21)30-19-5-3-4-18(27)22(19)28/h3-12H,2,13H2,1H3,(H,30,31,32)/b21-12+. The molecule has 1 heterocycles. The fourth-order valence-electron chi connectivity index (χ4n) is 3.13. The smallest absolute Gasteiger partial charge is 0.264 e. The van der Waals surface area contributed by atoms with Crippen molar-refractivity contribution in [3.05, 3.63) is 91.0 Å². The number of thioether (sulfide) groups is 1. The van der Waals surface area contributed by atoms with Crippen LogP contribution in [0.4, 0.5) is 10.1 Å². The molecule has 3 aromatic carbocycles. The molecule has 180 valence electrons. The molecule has 0 aromatic heterocycles. The number of amides is 1. The number of carbonyl (C=O) groups excluding carboxylic acids is 1. The number of hydrogen-bond acceptors (Lipinski definition) is 5. The van der Waals surface area contributed by atoms with Gasteiger partial charge in [0.2, 0.25) is 0 Å². The van der Waals surface area contributed by atoms with Crippen LogP contribution in [-0.4, -0.2) is 17.7 Å². The van der Waals surface area contributed by atoms with Gasteiger partial charge in [0.1, 0.15) is 12.4 Å². The minimum absolute atomic E-state index is 0.240. The van der Waals surface area contributed by atoms with E-state index in [2.05, 4.69) is 26.2 Å². The number of hydrogen-bond donors (Lipinski definition) is 1. The van der Waals surface area contributed by atoms with Crippen LogP contribution in [0.2, 0.25) is 10.0 Å². The molecule has 0 radical (unpaired) electrons. The van der Waals surface area contributed by atoms with Gasteiger partial charge in [0.05, 0.1) is 31.7 Å². The van der Waals surface area contributed by atoms with Crippen LogP contribution in [0.15, 0.2) is 69.0 Å². The topological polar surface area (TPSA) is 59.9 Å². The van der Waals surface area contributed by atoms with Gasteiger partial charge in [0.15, 0.2) is 16.7 Å². The maximum Gasteiger partial charge on any atom is 0.264 e. The molecule has 1 saturated heterocycles. The van der Waals surface area contributed by atoms with Crippen LogP contribution >= 0.6 is 50.9 Å². The van der Waals surface area contributed by atoms with Crippen molar-refractivity contribution >= 4 is 73.7 Å². The number of nitrogens with one attached hydrogen (secondary N) is 1. The van der Waals surface area contributed by atoms with Crippen LogP contribution in [-0.2, 0) is 11.4 Å². The van der Waals surface area contributed by atoms with Gasteiger partial charge >= 0.3 is 0 Å². The fraction of sp³-hybridized carbons (Fsp3) is 0.120. The lowest BCUT2D eigenvalue weighted by atomic mass is 10.1. The van der Waals surface area contributed by atoms with E-state index in [1.807, 2.05) is 13.0 Å². The number of rotatable bonds is 7. The summed E-state index contributed by atoms with van der Waals surface area (Å²) in [4.78, 5) is 17.4. The lowest BCUT2D eigenvalue weighted by Crippen LogP contribution is -2.19. The summed E-state index contributed by atoms with van der Waals surface area (Å²) in [6.45, 7) is 2.53. The van der Waals surface area contributed by atoms with Crippen molar-refractivity contribution in [1.82, 2.24) is 5.32 Å². The highest BCUT2D eigenvalue weighted by Crippen LogP contribution is 2.39. The van der Waals surface area contributed by atoms with Gasteiger partial charge < -0.3 is 14.8 Å². The lowest BCUT2D eigenvalue weighted by molar-refractivity contribution is -0.115. The molecular formula is C25H18BrCl2FN2O3S. The first-order valence-electron chi connectivity index (χ1n) is 10.4. The Hall–Kier alpha value is -2.52. The Kier molecular flexibility index (Phi) is 8.38. The number of ether oxygens (including phenoxy) is 2. The highest BCUT2D eigenvalue weighted by atomic mass is 79.9. The average molecular weight is 596 g/mol. The molecule has 0 spiro atoms. The Morgan fingerprint density at radius 1 is 1.14 bits per heavy atom. The van der Waals surface area contributed by atoms with E-state index in [0.29, 0.717) is 48.4 Å². The molecule has 4 rings (SSSR count). The molecule has 1 amide bonds. The molecule has 35 heavy (non-hydrogen) atoms. The Morgan fingerprint density at radius 2 is 1.91 bits per heavy atom. The van der Waals surface area contributed by atoms with Crippen LogP contribution in [0, 0.1) is 5.82 Å². The number of aliphatic imine (C=N–C) groups is 1. The van der Waals surface area contributed by atoms with E-state index < -0.39 is 0 Å². The Bertz CT molecular complexity index is 1330. The summed E-state index contributed by atoms with van der Waals surface area (Å²) in [6.07, 6.45) is 1.74. The molecule has 0 bridgehead atoms. The van der Waals surface area contributed by atoms with Gasteiger partial charge in [0.25, 0.3) is 5.91 Å². The first-order chi connectivity index (χ1) is 16.8. The predicted octanol–water partition coefficient (Wildman–Crippen LogP) is 7.76. The molecule has 0 saturated carbocycles. The summed E-state index contributed by atoms with van der Waals surface area (Å²) in [5.41, 5.74) is 2.01. The van der Waals surface area contributed by atoms with E-state index in [9.17, 15) is 9.18 Å². The van der Waals surface area contributed by atoms with Crippen LogP contribution in [0.5, 0.6) is 11.5 Å². The molecular weight excluding hydrogens is 578 g/mol. The maximum atomic E-state index is 13.2. The molecule has 3 aromatic rings. The van der Waals surface area contributed by atoms with Crippen molar-refractivity contribution in [3.63, 3.8) is 0 Å². The second-order valence-electron chi connectivity index (χ2n) is 7.23. The highest BCUT2D eigenvalue weighted by molar-refractivity contribution is 9.10. The zero-order chi connectivity index (χ0) is 24.9. The van der Waals surface area contributed by atoms with E-state index in [1.165, 1.54) is 23.9 Å². The van der Waals surface area contributed by atoms with Crippen LogP contribution in [0.25, 0.3) is 6.08 Å². The third kappa shape index (κ3) is 6.38. The average Bonchev–Trinajstić information content (AvgIpc) is 3.16. The molecule has 0 aliphatic carbocycles. The molecule has 1 aliphatic heterocycles. The first-order valence-corrected chi connectivity index (χ1v) is 12.8. The van der Waals surface area contributed by atoms with Crippen LogP contribution < -0.4 is 14.8 Å². The fourth-order valence-corrected chi connectivity index (χ4v) is 4.88. The number of carbonyl (C=O) groups is 1. The summed E-state index contributed by atoms with van der Waals surface area (Å²) < 4.78 is 25.5. The van der Waals surface area contributed by atoms with Gasteiger partial charge in [-0.2, -0.15) is 0 Å². The van der Waals surface area contributed by atoms with Crippen molar-refractivity contribution in [1.29, 1.82) is 0 Å². The summed E-state index contributed by atoms with van der Waals surface area (Å²) in [5.74, 6) is 0.441. The Balaban J connectivity index is 1.56. The Morgan fingerprint density at radius 3 is 2.66 bits per heavy atom. The summed E-state index contributed by atoms with van der Waals surface area (Å²) in [5, 5.41) is 3.83. The van der Waals surface area contributed by atoms with Gasteiger partial charge in [-0.1, -0.05) is 41.4 Å². The van der Waals surface area contributed by atoms with E-state index in [0.717, 1.165) is 11.1 Å². The maximum absolute atomic E-state index is 13.2. The van der Waals surface area contributed by atoms with Crippen LogP contribution in [0.3, 0.4) is 0 Å². The predicted molar refractivity (Wildman–Crippen MR) is 143 cm³/mol. The SMILES string of the molecule is CCOc1cc(/C=C2/SC(=Nc3cccc(Cl)c3Cl)NC2=O)cc(Br)c1OCc1ccc(F)cc1. The molecule has 0 unspecified atom stereocenters. The minimum atomic E-state index is -0.306. The van der Waals surface area contributed by atoms with Crippen molar-refractivity contribution in [3.8, 4) is 11.5 Å². The largest absolute Gasteiger partial charge is 0.490 e. The molecule has 1 fully saturated rings. The minimum Gasteiger partial charge on any atom is -0.490 e. The van der Waals surface area contributed by atoms with Crippen molar-refractivity contribution < 1.29 is 18.7 Å². The molecule has 0 atom stereocenters. The summed E-state index contributed by atoms with van der Waals surface area (Å²) in [6, 6.07) is 14.8. The summed E-state index contributed by atoms with van der Waals surface area (Å²) >= 11 is 17.0. The zero-order valence-corrected chi connectivity index (χ0v) is 22.2. The second kappa shape index (κ2) is 11.5. The quantitative estimate of drug-likeness (QED) is 0.284. The van der Waals surface area contributed by atoms with E-state index in [4.69, 9.17) is 32.7 Å². The van der Waals surface area contributed by atoms with Gasteiger partial charge in [-0.25, -0.2) is 9.38 Å². The number of amidine groups is 1. The molecule has 10 heteroatoms. The van der Waals surface area contributed by atoms with Gasteiger partial charge in [-0.05, 0) is 88.2 Å². The zero-order valence-electron chi connectivity index (χ0n) is 18.3. The number of nitrogens with zero attached hydrogens (tertiary/aromatic N) is 1. The normalized spacial score (nSPS) is 15.5. The van der Waals surface area contributed by atoms with Crippen molar-refractivity contribution in [2.75, 3.05) is 6.61 Å². The highest BCUT2D eigenvalue weighted by Gasteiger charge is 2.25. The number of benzene rings is 3. The van der Waals surface area contributed by atoms with E-state index in [1.54, 1.807) is 42.5 Å². The van der Waals surface area contributed by atoms with Crippen molar-refractivity contribution in [2.45, 2.75) is 13.5 Å².